The van der Waals surface area contributed by atoms with E-state index >= 15 is 0 Å². The first-order valence-corrected chi connectivity index (χ1v) is 9.38. The topological polar surface area (TPSA) is 29.0 Å². The lowest BCUT2D eigenvalue weighted by Gasteiger charge is -2.23. The van der Waals surface area contributed by atoms with Gasteiger partial charge in [-0.05, 0) is 37.1 Å². The van der Waals surface area contributed by atoms with Gasteiger partial charge in [0.1, 0.15) is 5.82 Å². The van der Waals surface area contributed by atoms with Gasteiger partial charge in [0, 0.05) is 28.5 Å². The fourth-order valence-corrected chi connectivity index (χ4v) is 3.74. The molecule has 1 saturated heterocycles. The van der Waals surface area contributed by atoms with Crippen LogP contribution >= 0.6 is 15.9 Å². The molecule has 0 amide bonds. The van der Waals surface area contributed by atoms with Crippen LogP contribution in [-0.4, -0.2) is 23.1 Å². The highest BCUT2D eigenvalue weighted by molar-refractivity contribution is 9.10. The summed E-state index contributed by atoms with van der Waals surface area (Å²) in [5, 5.41) is 1.15. The molecule has 0 saturated carbocycles. The van der Waals surface area contributed by atoms with Crippen LogP contribution in [0, 0.1) is 0 Å². The van der Waals surface area contributed by atoms with Crippen LogP contribution in [0.25, 0.3) is 22.3 Å². The van der Waals surface area contributed by atoms with E-state index in [9.17, 15) is 0 Å². The van der Waals surface area contributed by atoms with Gasteiger partial charge in [-0.3, -0.25) is 0 Å². The smallest absolute Gasteiger partial charge is 0.162 e. The molecule has 1 aliphatic heterocycles. The first kappa shape index (κ1) is 15.6. The number of rotatable bonds is 2. The number of benzene rings is 2. The number of hydrogen-bond donors (Lipinski definition) is 0. The number of hydrogen-bond acceptors (Lipinski definition) is 3. The average molecular weight is 382 g/mol. The molecule has 4 heteroatoms. The summed E-state index contributed by atoms with van der Waals surface area (Å²) in [4.78, 5) is 12.2. The molecule has 1 aliphatic rings. The Morgan fingerprint density at radius 3 is 2.42 bits per heavy atom. The van der Waals surface area contributed by atoms with Crippen LogP contribution in [0.2, 0.25) is 0 Å². The molecule has 0 N–H and O–H groups in total. The maximum atomic E-state index is 4.97. The molecule has 2 aromatic carbocycles. The van der Waals surface area contributed by atoms with E-state index in [1.165, 1.54) is 25.7 Å². The summed E-state index contributed by atoms with van der Waals surface area (Å²) in [6, 6.07) is 16.6. The van der Waals surface area contributed by atoms with Crippen molar-refractivity contribution >= 4 is 32.7 Å². The molecule has 24 heavy (non-hydrogen) atoms. The van der Waals surface area contributed by atoms with Crippen molar-refractivity contribution < 1.29 is 0 Å². The van der Waals surface area contributed by atoms with Crippen molar-refractivity contribution in [3.05, 3.63) is 53.0 Å². The lowest BCUT2D eigenvalue weighted by Crippen LogP contribution is -2.25. The van der Waals surface area contributed by atoms with Crippen molar-refractivity contribution in [1.29, 1.82) is 0 Å². The second kappa shape index (κ2) is 6.89. The Morgan fingerprint density at radius 2 is 1.62 bits per heavy atom. The van der Waals surface area contributed by atoms with Gasteiger partial charge in [0.05, 0.1) is 5.52 Å². The van der Waals surface area contributed by atoms with E-state index in [1.807, 2.05) is 18.2 Å². The number of halogens is 1. The van der Waals surface area contributed by atoms with Crippen LogP contribution in [0.4, 0.5) is 5.82 Å². The third-order valence-electron chi connectivity index (χ3n) is 4.57. The van der Waals surface area contributed by atoms with Crippen LogP contribution in [0.5, 0.6) is 0 Å². The third kappa shape index (κ3) is 3.16. The molecule has 2 heterocycles. The monoisotopic (exact) mass is 381 g/mol. The van der Waals surface area contributed by atoms with Gasteiger partial charge in [0.25, 0.3) is 0 Å². The predicted molar refractivity (Wildman–Crippen MR) is 103 cm³/mol. The van der Waals surface area contributed by atoms with E-state index in [4.69, 9.17) is 9.97 Å². The predicted octanol–water partition coefficient (Wildman–Crippen LogP) is 5.44. The standard InChI is InChI=1S/C20H20BrN3/c21-16-9-7-8-15(14-16)19-22-18-11-4-3-10-17(18)20(23-19)24-12-5-1-2-6-13-24/h3-4,7-11,14H,1-2,5-6,12-13H2. The van der Waals surface area contributed by atoms with E-state index in [0.717, 1.165) is 45.7 Å². The normalized spacial score (nSPS) is 15.5. The molecule has 122 valence electrons. The number of para-hydroxylation sites is 1. The minimum Gasteiger partial charge on any atom is -0.356 e. The Balaban J connectivity index is 1.87. The molecule has 1 aromatic heterocycles. The Bertz CT molecular complexity index is 854. The van der Waals surface area contributed by atoms with Gasteiger partial charge < -0.3 is 4.90 Å². The molecule has 4 rings (SSSR count). The highest BCUT2D eigenvalue weighted by Crippen LogP contribution is 2.29. The number of nitrogens with zero attached hydrogens (tertiary/aromatic N) is 3. The van der Waals surface area contributed by atoms with Crippen LogP contribution < -0.4 is 4.90 Å². The van der Waals surface area contributed by atoms with Crippen molar-refractivity contribution in [1.82, 2.24) is 9.97 Å². The molecule has 0 unspecified atom stereocenters. The number of anilines is 1. The quantitative estimate of drug-likeness (QED) is 0.591. The Hall–Kier alpha value is -1.94. The van der Waals surface area contributed by atoms with Gasteiger partial charge >= 0.3 is 0 Å². The minimum atomic E-state index is 0.800. The lowest BCUT2D eigenvalue weighted by atomic mass is 10.1. The van der Waals surface area contributed by atoms with Crippen LogP contribution in [0.1, 0.15) is 25.7 Å². The zero-order valence-corrected chi connectivity index (χ0v) is 15.2. The Labute approximate surface area is 150 Å². The van der Waals surface area contributed by atoms with Crippen LogP contribution in [0.15, 0.2) is 53.0 Å². The summed E-state index contributed by atoms with van der Waals surface area (Å²) >= 11 is 3.55. The van der Waals surface area contributed by atoms with Crippen LogP contribution in [-0.2, 0) is 0 Å². The lowest BCUT2D eigenvalue weighted by molar-refractivity contribution is 0.726. The fourth-order valence-electron chi connectivity index (χ4n) is 3.34. The zero-order chi connectivity index (χ0) is 16.4. The SMILES string of the molecule is Brc1cccc(-c2nc(N3CCCCCC3)c3ccccc3n2)c1. The molecule has 0 radical (unpaired) electrons. The molecule has 0 bridgehead atoms. The van der Waals surface area contributed by atoms with Crippen molar-refractivity contribution in [3.63, 3.8) is 0 Å². The maximum Gasteiger partial charge on any atom is 0.162 e. The molecule has 0 aliphatic carbocycles. The van der Waals surface area contributed by atoms with Gasteiger partial charge in [-0.15, -0.1) is 0 Å². The van der Waals surface area contributed by atoms with Gasteiger partial charge in [-0.2, -0.15) is 0 Å². The van der Waals surface area contributed by atoms with Crippen LogP contribution in [0.3, 0.4) is 0 Å². The molecular formula is C20H20BrN3. The van der Waals surface area contributed by atoms with E-state index in [2.05, 4.69) is 51.2 Å². The summed E-state index contributed by atoms with van der Waals surface area (Å²) in [5.74, 6) is 1.88. The fraction of sp³-hybridized carbons (Fsp3) is 0.300. The van der Waals surface area contributed by atoms with Gasteiger partial charge in [-0.1, -0.05) is 53.0 Å². The second-order valence-corrected chi connectivity index (χ2v) is 7.22. The summed E-state index contributed by atoms with van der Waals surface area (Å²) in [7, 11) is 0. The van der Waals surface area contributed by atoms with Crippen molar-refractivity contribution in [2.45, 2.75) is 25.7 Å². The van der Waals surface area contributed by atoms with E-state index in [1.54, 1.807) is 0 Å². The molecular weight excluding hydrogens is 362 g/mol. The van der Waals surface area contributed by atoms with Crippen molar-refractivity contribution in [3.8, 4) is 11.4 Å². The van der Waals surface area contributed by atoms with Gasteiger partial charge in [-0.25, -0.2) is 9.97 Å². The molecule has 3 nitrogen and oxygen atoms in total. The summed E-state index contributed by atoms with van der Waals surface area (Å²) in [5.41, 5.74) is 2.06. The van der Waals surface area contributed by atoms with Crippen molar-refractivity contribution in [2.75, 3.05) is 18.0 Å². The Morgan fingerprint density at radius 1 is 0.833 bits per heavy atom. The second-order valence-electron chi connectivity index (χ2n) is 6.30. The zero-order valence-electron chi connectivity index (χ0n) is 13.6. The number of fused-ring (bicyclic) bond motifs is 1. The summed E-state index contributed by atoms with van der Waals surface area (Å²) in [6.45, 7) is 2.16. The maximum absolute atomic E-state index is 4.97. The molecule has 0 spiro atoms. The van der Waals surface area contributed by atoms with Gasteiger partial charge in [0.15, 0.2) is 5.82 Å². The van der Waals surface area contributed by atoms with Crippen molar-refractivity contribution in [2.24, 2.45) is 0 Å². The molecule has 1 fully saturated rings. The minimum absolute atomic E-state index is 0.800. The van der Waals surface area contributed by atoms with Gasteiger partial charge in [0.2, 0.25) is 0 Å². The third-order valence-corrected chi connectivity index (χ3v) is 5.06. The molecule has 0 atom stereocenters. The Kier molecular flexibility index (Phi) is 4.48. The highest BCUT2D eigenvalue weighted by Gasteiger charge is 2.16. The number of aromatic nitrogens is 2. The highest BCUT2D eigenvalue weighted by atomic mass is 79.9. The first-order chi connectivity index (χ1) is 11.8. The largest absolute Gasteiger partial charge is 0.356 e. The van der Waals surface area contributed by atoms with E-state index in [0.29, 0.717) is 0 Å². The first-order valence-electron chi connectivity index (χ1n) is 8.59. The summed E-state index contributed by atoms with van der Waals surface area (Å²) in [6.07, 6.45) is 5.12. The van der Waals surface area contributed by atoms with E-state index in [-0.39, 0.29) is 0 Å². The van der Waals surface area contributed by atoms with E-state index < -0.39 is 0 Å². The molecule has 3 aromatic rings. The average Bonchev–Trinajstić information content (AvgIpc) is 2.90. The summed E-state index contributed by atoms with van der Waals surface area (Å²) < 4.78 is 1.05.